The molecule has 0 fully saturated rings. The first kappa shape index (κ1) is 21.1. The van der Waals surface area contributed by atoms with Gasteiger partial charge in [0.1, 0.15) is 0 Å². The summed E-state index contributed by atoms with van der Waals surface area (Å²) in [6.45, 7) is 12.7. The molecule has 1 aromatic carbocycles. The highest BCUT2D eigenvalue weighted by atomic mass is 14.8. The standard InChI is InChI=1S/C16H21N.C6H12/c1-4-5-6-10-13-16(17-14(2)3)15-11-8-7-9-12-15;1-4-5-6(2)3/h5-14H,4H2,1-3H3;5H,4H2,1-3H3/b6-5-,13-10-,17-16?;. The predicted octanol–water partition coefficient (Wildman–Crippen LogP) is 6.77. The normalized spacial score (nSPS) is 11.7. The van der Waals surface area contributed by atoms with Crippen LogP contribution in [-0.4, -0.2) is 11.8 Å². The van der Waals surface area contributed by atoms with E-state index in [0.29, 0.717) is 6.04 Å². The largest absolute Gasteiger partial charge is 0.282 e. The van der Waals surface area contributed by atoms with Crippen molar-refractivity contribution in [3.63, 3.8) is 0 Å². The fourth-order valence-corrected chi connectivity index (χ4v) is 1.87. The molecule has 0 saturated carbocycles. The van der Waals surface area contributed by atoms with E-state index in [1.54, 1.807) is 0 Å². The number of aliphatic imine (C=N–C) groups is 1. The molecule has 23 heavy (non-hydrogen) atoms. The predicted molar refractivity (Wildman–Crippen MR) is 106 cm³/mol. The fraction of sp³-hybridized carbons (Fsp3) is 0.409. The minimum atomic E-state index is 0.310. The first-order chi connectivity index (χ1) is 11.0. The zero-order chi connectivity index (χ0) is 17.5. The Kier molecular flexibility index (Phi) is 12.6. The van der Waals surface area contributed by atoms with Gasteiger partial charge in [-0.2, -0.15) is 0 Å². The highest BCUT2D eigenvalue weighted by Gasteiger charge is 1.99. The zero-order valence-corrected chi connectivity index (χ0v) is 15.7. The van der Waals surface area contributed by atoms with Crippen molar-refractivity contribution in [2.24, 2.45) is 4.99 Å². The van der Waals surface area contributed by atoms with Crippen LogP contribution < -0.4 is 0 Å². The third kappa shape index (κ3) is 12.3. The van der Waals surface area contributed by atoms with Gasteiger partial charge in [-0.25, -0.2) is 0 Å². The van der Waals surface area contributed by atoms with Gasteiger partial charge in [-0.05, 0) is 52.2 Å². The van der Waals surface area contributed by atoms with Crippen LogP contribution in [-0.2, 0) is 0 Å². The summed E-state index contributed by atoms with van der Waals surface area (Å²) in [6.07, 6.45) is 12.8. The summed E-state index contributed by atoms with van der Waals surface area (Å²) in [4.78, 5) is 4.64. The molecular formula is C22H33N. The van der Waals surface area contributed by atoms with Gasteiger partial charge in [0, 0.05) is 6.04 Å². The zero-order valence-electron chi connectivity index (χ0n) is 15.7. The van der Waals surface area contributed by atoms with Crippen LogP contribution in [0, 0.1) is 0 Å². The molecule has 1 aromatic rings. The van der Waals surface area contributed by atoms with Crippen molar-refractivity contribution in [3.05, 3.63) is 71.8 Å². The van der Waals surface area contributed by atoms with Crippen molar-refractivity contribution in [2.45, 2.75) is 60.4 Å². The van der Waals surface area contributed by atoms with E-state index < -0.39 is 0 Å². The summed E-state index contributed by atoms with van der Waals surface area (Å²) >= 11 is 0. The number of rotatable bonds is 6. The number of nitrogens with zero attached hydrogens (tertiary/aromatic N) is 1. The molecule has 0 radical (unpaired) electrons. The van der Waals surface area contributed by atoms with E-state index in [2.05, 4.69) is 89.0 Å². The molecule has 0 atom stereocenters. The summed E-state index contributed by atoms with van der Waals surface area (Å²) in [5.41, 5.74) is 3.63. The summed E-state index contributed by atoms with van der Waals surface area (Å²) in [5, 5.41) is 0. The van der Waals surface area contributed by atoms with Crippen LogP contribution >= 0.6 is 0 Å². The smallest absolute Gasteiger partial charge is 0.0649 e. The average molecular weight is 312 g/mol. The minimum absolute atomic E-state index is 0.310. The maximum absolute atomic E-state index is 4.64. The monoisotopic (exact) mass is 311 g/mol. The van der Waals surface area contributed by atoms with Gasteiger partial charge < -0.3 is 0 Å². The van der Waals surface area contributed by atoms with Gasteiger partial charge in [0.2, 0.25) is 0 Å². The molecule has 0 aliphatic heterocycles. The van der Waals surface area contributed by atoms with Crippen molar-refractivity contribution >= 4 is 5.71 Å². The number of hydrogen-bond donors (Lipinski definition) is 0. The lowest BCUT2D eigenvalue weighted by molar-refractivity contribution is 0.837. The summed E-state index contributed by atoms with van der Waals surface area (Å²) in [5.74, 6) is 0. The molecule has 0 amide bonds. The quantitative estimate of drug-likeness (QED) is 0.312. The van der Waals surface area contributed by atoms with Crippen LogP contribution in [0.3, 0.4) is 0 Å². The maximum atomic E-state index is 4.64. The first-order valence-corrected chi connectivity index (χ1v) is 8.61. The van der Waals surface area contributed by atoms with Gasteiger partial charge in [0.15, 0.2) is 0 Å². The second-order valence-corrected chi connectivity index (χ2v) is 5.86. The fourth-order valence-electron chi connectivity index (χ4n) is 1.87. The van der Waals surface area contributed by atoms with Gasteiger partial charge in [-0.3, -0.25) is 4.99 Å². The van der Waals surface area contributed by atoms with Crippen LogP contribution in [0.2, 0.25) is 0 Å². The van der Waals surface area contributed by atoms with Crippen LogP contribution in [0.1, 0.15) is 59.9 Å². The van der Waals surface area contributed by atoms with Gasteiger partial charge in [0.05, 0.1) is 5.71 Å². The minimum Gasteiger partial charge on any atom is -0.282 e. The Morgan fingerprint density at radius 2 is 1.65 bits per heavy atom. The van der Waals surface area contributed by atoms with E-state index in [1.165, 1.54) is 17.6 Å². The Labute approximate surface area is 143 Å². The van der Waals surface area contributed by atoms with Crippen molar-refractivity contribution in [2.75, 3.05) is 0 Å². The lowest BCUT2D eigenvalue weighted by Gasteiger charge is -2.04. The second-order valence-electron chi connectivity index (χ2n) is 5.86. The van der Waals surface area contributed by atoms with Crippen molar-refractivity contribution < 1.29 is 0 Å². The van der Waals surface area contributed by atoms with Crippen molar-refractivity contribution in [1.29, 1.82) is 0 Å². The van der Waals surface area contributed by atoms with E-state index in [9.17, 15) is 0 Å². The Morgan fingerprint density at radius 3 is 2.09 bits per heavy atom. The molecule has 0 bridgehead atoms. The molecule has 126 valence electrons. The molecule has 0 spiro atoms. The van der Waals surface area contributed by atoms with E-state index in [-0.39, 0.29) is 0 Å². The van der Waals surface area contributed by atoms with Crippen LogP contribution in [0.25, 0.3) is 0 Å². The Bertz CT molecular complexity index is 512. The van der Waals surface area contributed by atoms with Crippen LogP contribution in [0.5, 0.6) is 0 Å². The van der Waals surface area contributed by atoms with Crippen molar-refractivity contribution in [3.8, 4) is 0 Å². The molecule has 0 heterocycles. The van der Waals surface area contributed by atoms with E-state index in [4.69, 9.17) is 0 Å². The Hall–Kier alpha value is -1.89. The van der Waals surface area contributed by atoms with Crippen LogP contribution in [0.4, 0.5) is 0 Å². The Morgan fingerprint density at radius 1 is 1.00 bits per heavy atom. The molecule has 0 saturated heterocycles. The molecule has 1 heteroatoms. The van der Waals surface area contributed by atoms with Gasteiger partial charge in [-0.1, -0.05) is 74.1 Å². The molecule has 0 aliphatic rings. The first-order valence-electron chi connectivity index (χ1n) is 8.61. The molecule has 0 aromatic heterocycles. The second kappa shape index (κ2) is 13.8. The topological polar surface area (TPSA) is 12.4 Å². The molecule has 0 unspecified atom stereocenters. The van der Waals surface area contributed by atoms with E-state index in [0.717, 1.165) is 12.1 Å². The van der Waals surface area contributed by atoms with Gasteiger partial charge in [-0.15, -0.1) is 0 Å². The number of benzene rings is 1. The molecule has 1 rings (SSSR count). The van der Waals surface area contributed by atoms with Gasteiger partial charge in [0.25, 0.3) is 0 Å². The summed E-state index contributed by atoms with van der Waals surface area (Å²) in [7, 11) is 0. The summed E-state index contributed by atoms with van der Waals surface area (Å²) < 4.78 is 0. The highest BCUT2D eigenvalue weighted by Crippen LogP contribution is 2.05. The SMILES string of the molecule is CC/C=C\C=C/C(=NC(C)C)c1ccccc1.CCC=C(C)C. The lowest BCUT2D eigenvalue weighted by Crippen LogP contribution is -2.01. The van der Waals surface area contributed by atoms with Gasteiger partial charge >= 0.3 is 0 Å². The third-order valence-corrected chi connectivity index (χ3v) is 2.82. The third-order valence-electron chi connectivity index (χ3n) is 2.82. The van der Waals surface area contributed by atoms with E-state index in [1.807, 2.05) is 18.2 Å². The molecule has 1 nitrogen and oxygen atoms in total. The molecule has 0 N–H and O–H groups in total. The maximum Gasteiger partial charge on any atom is 0.0649 e. The highest BCUT2D eigenvalue weighted by molar-refractivity contribution is 6.08. The molecule has 0 aliphatic carbocycles. The Balaban J connectivity index is 0.000000688. The lowest BCUT2D eigenvalue weighted by atomic mass is 10.1. The number of allylic oxidation sites excluding steroid dienone is 6. The van der Waals surface area contributed by atoms with Crippen molar-refractivity contribution in [1.82, 2.24) is 0 Å². The van der Waals surface area contributed by atoms with Crippen LogP contribution in [0.15, 0.2) is 71.3 Å². The van der Waals surface area contributed by atoms with E-state index >= 15 is 0 Å². The summed E-state index contributed by atoms with van der Waals surface area (Å²) in [6, 6.07) is 10.6. The average Bonchev–Trinajstić information content (AvgIpc) is 2.51. The number of hydrogen-bond acceptors (Lipinski definition) is 1. The molecular weight excluding hydrogens is 278 g/mol.